The van der Waals surface area contributed by atoms with Crippen LogP contribution in [0.1, 0.15) is 31.2 Å². The number of carbonyl (C=O) groups excluding carboxylic acids is 2. The lowest BCUT2D eigenvalue weighted by Crippen LogP contribution is -2.45. The van der Waals surface area contributed by atoms with Crippen molar-refractivity contribution in [3.63, 3.8) is 0 Å². The summed E-state index contributed by atoms with van der Waals surface area (Å²) < 4.78 is 5.50. The predicted molar refractivity (Wildman–Crippen MR) is 131 cm³/mol. The van der Waals surface area contributed by atoms with Crippen molar-refractivity contribution in [1.29, 1.82) is 0 Å². The van der Waals surface area contributed by atoms with Gasteiger partial charge >= 0.3 is 0 Å². The second-order valence-electron chi connectivity index (χ2n) is 9.55. The van der Waals surface area contributed by atoms with Crippen molar-refractivity contribution < 1.29 is 14.3 Å². The summed E-state index contributed by atoms with van der Waals surface area (Å²) in [6.07, 6.45) is 8.28. The van der Waals surface area contributed by atoms with Gasteiger partial charge in [0, 0.05) is 38.7 Å². The van der Waals surface area contributed by atoms with Gasteiger partial charge in [-0.25, -0.2) is 0 Å². The average molecular weight is 447 g/mol. The summed E-state index contributed by atoms with van der Waals surface area (Å²) in [6, 6.07) is 16.4. The van der Waals surface area contributed by atoms with Crippen molar-refractivity contribution in [2.24, 2.45) is 11.3 Å². The number of hydrogen-bond acceptors (Lipinski definition) is 3. The Balaban J connectivity index is 1.54. The first-order chi connectivity index (χ1) is 15.9. The van der Waals surface area contributed by atoms with E-state index in [0.717, 1.165) is 41.7 Å². The van der Waals surface area contributed by atoms with E-state index in [-0.39, 0.29) is 17.7 Å². The largest absolute Gasteiger partial charge is 0.496 e. The minimum Gasteiger partial charge on any atom is -0.496 e. The third-order valence-electron chi connectivity index (χ3n) is 7.06. The number of ether oxygens (including phenoxy) is 1. The predicted octanol–water partition coefficient (Wildman–Crippen LogP) is 4.57. The second-order valence-corrected chi connectivity index (χ2v) is 9.55. The van der Waals surface area contributed by atoms with Gasteiger partial charge < -0.3 is 14.5 Å². The number of carbonyl (C=O) groups is 2. The van der Waals surface area contributed by atoms with E-state index in [4.69, 9.17) is 4.74 Å². The topological polar surface area (TPSA) is 49.9 Å². The molecule has 5 heteroatoms. The van der Waals surface area contributed by atoms with Crippen molar-refractivity contribution >= 4 is 11.8 Å². The van der Waals surface area contributed by atoms with Gasteiger partial charge in [-0.15, -0.1) is 0 Å². The highest BCUT2D eigenvalue weighted by Gasteiger charge is 2.47. The van der Waals surface area contributed by atoms with Crippen LogP contribution < -0.4 is 4.74 Å². The molecule has 0 spiro atoms. The van der Waals surface area contributed by atoms with Crippen LogP contribution in [-0.2, 0) is 16.0 Å². The van der Waals surface area contributed by atoms with Gasteiger partial charge in [-0.1, -0.05) is 54.6 Å². The average Bonchev–Trinajstić information content (AvgIpc) is 3.29. The zero-order valence-corrected chi connectivity index (χ0v) is 19.9. The number of hydrogen-bond donors (Lipinski definition) is 0. The fourth-order valence-electron chi connectivity index (χ4n) is 5.28. The van der Waals surface area contributed by atoms with Crippen molar-refractivity contribution in [3.05, 3.63) is 66.2 Å². The Hall–Kier alpha value is -3.08. The van der Waals surface area contributed by atoms with Crippen molar-refractivity contribution in [2.45, 2.75) is 32.1 Å². The molecular formula is C28H34N2O3. The molecule has 2 amide bonds. The summed E-state index contributed by atoms with van der Waals surface area (Å²) in [5.74, 6) is 1.21. The van der Waals surface area contributed by atoms with E-state index < -0.39 is 5.41 Å². The molecule has 5 nitrogen and oxygen atoms in total. The fourth-order valence-corrected chi connectivity index (χ4v) is 5.28. The molecule has 33 heavy (non-hydrogen) atoms. The Bertz CT molecular complexity index is 1030. The van der Waals surface area contributed by atoms with E-state index in [0.29, 0.717) is 25.9 Å². The second kappa shape index (κ2) is 9.82. The standard InChI is InChI=1S/C28H34N2O3/c1-29(2)27(32)28(17-18-30(20-28)26(31)23-9-5-4-6-10-23)19-21-13-15-22(16-14-21)24-11-7-8-12-25(24)33-3/h4-5,7-8,11-16,23H,6,9-10,17-20H2,1-3H3/t23-,28-/m1/s1. The minimum absolute atomic E-state index is 0.0559. The van der Waals surface area contributed by atoms with Crippen molar-refractivity contribution in [3.8, 4) is 16.9 Å². The van der Waals surface area contributed by atoms with E-state index in [9.17, 15) is 9.59 Å². The highest BCUT2D eigenvalue weighted by molar-refractivity contribution is 5.86. The normalized spacial score (nSPS) is 22.3. The molecule has 1 heterocycles. The highest BCUT2D eigenvalue weighted by atomic mass is 16.5. The number of benzene rings is 2. The summed E-state index contributed by atoms with van der Waals surface area (Å²) in [5, 5.41) is 0. The van der Waals surface area contributed by atoms with Crippen molar-refractivity contribution in [2.75, 3.05) is 34.3 Å². The third-order valence-corrected chi connectivity index (χ3v) is 7.06. The quantitative estimate of drug-likeness (QED) is 0.611. The smallest absolute Gasteiger partial charge is 0.230 e. The maximum atomic E-state index is 13.3. The van der Waals surface area contributed by atoms with Gasteiger partial charge in [0.25, 0.3) is 0 Å². The summed E-state index contributed by atoms with van der Waals surface area (Å²) in [4.78, 5) is 30.1. The number of rotatable bonds is 6. The van der Waals surface area contributed by atoms with Gasteiger partial charge in [-0.3, -0.25) is 9.59 Å². The third kappa shape index (κ3) is 4.82. The molecule has 0 unspecified atom stereocenters. The minimum atomic E-state index is -0.574. The van der Waals surface area contributed by atoms with Crippen LogP contribution in [0, 0.1) is 11.3 Å². The molecule has 2 aliphatic rings. The molecule has 2 aromatic rings. The van der Waals surface area contributed by atoms with Gasteiger partial charge in [0.15, 0.2) is 0 Å². The molecule has 1 saturated heterocycles. The Kier molecular flexibility index (Phi) is 6.87. The van der Waals surface area contributed by atoms with Crippen LogP contribution in [0.25, 0.3) is 11.1 Å². The van der Waals surface area contributed by atoms with Crippen LogP contribution >= 0.6 is 0 Å². The number of allylic oxidation sites excluding steroid dienone is 2. The van der Waals surface area contributed by atoms with Crippen molar-refractivity contribution in [1.82, 2.24) is 9.80 Å². The van der Waals surface area contributed by atoms with E-state index >= 15 is 0 Å². The zero-order valence-electron chi connectivity index (χ0n) is 19.9. The maximum absolute atomic E-state index is 13.3. The number of nitrogens with zero attached hydrogens (tertiary/aromatic N) is 2. The Morgan fingerprint density at radius 1 is 1.09 bits per heavy atom. The van der Waals surface area contributed by atoms with E-state index in [2.05, 4.69) is 36.4 Å². The van der Waals surface area contributed by atoms with Gasteiger partial charge in [-0.2, -0.15) is 0 Å². The molecule has 0 N–H and O–H groups in total. The van der Waals surface area contributed by atoms with E-state index in [1.165, 1.54) is 0 Å². The molecule has 0 saturated carbocycles. The lowest BCUT2D eigenvalue weighted by atomic mass is 9.79. The first kappa shape index (κ1) is 23.1. The summed E-state index contributed by atoms with van der Waals surface area (Å²) in [5.41, 5.74) is 2.66. The summed E-state index contributed by atoms with van der Waals surface area (Å²) >= 11 is 0. The maximum Gasteiger partial charge on any atom is 0.230 e. The molecule has 1 aliphatic heterocycles. The van der Waals surface area contributed by atoms with Gasteiger partial charge in [0.05, 0.1) is 12.5 Å². The SMILES string of the molecule is COc1ccccc1-c1ccc(C[C@]2(C(=O)N(C)C)CCN(C(=O)[C@@H]3CC=CCC3)C2)cc1. The van der Waals surface area contributed by atoms with Crippen LogP contribution in [0.3, 0.4) is 0 Å². The monoisotopic (exact) mass is 446 g/mol. The van der Waals surface area contributed by atoms with Crippen LogP contribution in [0.2, 0.25) is 0 Å². The van der Waals surface area contributed by atoms with Crippen LogP contribution in [-0.4, -0.2) is 55.9 Å². The summed E-state index contributed by atoms with van der Waals surface area (Å²) in [6.45, 7) is 1.15. The highest BCUT2D eigenvalue weighted by Crippen LogP contribution is 2.38. The number of likely N-dealkylation sites (tertiary alicyclic amines) is 1. The first-order valence-electron chi connectivity index (χ1n) is 11.8. The van der Waals surface area contributed by atoms with Gasteiger partial charge in [0.1, 0.15) is 5.75 Å². The molecule has 4 rings (SSSR count). The van der Waals surface area contributed by atoms with E-state index in [1.54, 1.807) is 12.0 Å². The molecular weight excluding hydrogens is 412 g/mol. The lowest BCUT2D eigenvalue weighted by molar-refractivity contribution is -0.140. The Labute approximate surface area is 197 Å². The molecule has 2 atom stereocenters. The fraction of sp³-hybridized carbons (Fsp3) is 0.429. The molecule has 0 aromatic heterocycles. The van der Waals surface area contributed by atoms with Crippen LogP contribution in [0.5, 0.6) is 5.75 Å². The molecule has 1 aliphatic carbocycles. The van der Waals surface area contributed by atoms with Crippen LogP contribution in [0.15, 0.2) is 60.7 Å². The van der Waals surface area contributed by atoms with Gasteiger partial charge in [0.2, 0.25) is 11.8 Å². The number of methoxy groups -OCH3 is 1. The van der Waals surface area contributed by atoms with E-state index in [1.807, 2.05) is 43.3 Å². The zero-order chi connectivity index (χ0) is 23.4. The molecule has 2 aromatic carbocycles. The molecule has 0 bridgehead atoms. The first-order valence-corrected chi connectivity index (χ1v) is 11.8. The summed E-state index contributed by atoms with van der Waals surface area (Å²) in [7, 11) is 5.30. The Morgan fingerprint density at radius 2 is 1.85 bits per heavy atom. The number of para-hydroxylation sites is 1. The van der Waals surface area contributed by atoms with Gasteiger partial charge in [-0.05, 0) is 49.3 Å². The number of amides is 2. The molecule has 1 fully saturated rings. The van der Waals surface area contributed by atoms with Crippen LogP contribution in [0.4, 0.5) is 0 Å². The molecule has 0 radical (unpaired) electrons. The lowest BCUT2D eigenvalue weighted by Gasteiger charge is -2.32. The molecule has 174 valence electrons. The Morgan fingerprint density at radius 3 is 2.52 bits per heavy atom.